The van der Waals surface area contributed by atoms with Gasteiger partial charge in [0.05, 0.1) is 5.54 Å². The smallest absolute Gasteiger partial charge is 0.243 e. The molecule has 1 aliphatic heterocycles. The second-order valence-corrected chi connectivity index (χ2v) is 12.2. The molecule has 2 aromatic carbocycles. The summed E-state index contributed by atoms with van der Waals surface area (Å²) in [5.41, 5.74) is 2.22. The summed E-state index contributed by atoms with van der Waals surface area (Å²) in [7, 11) is 0. The van der Waals surface area contributed by atoms with Gasteiger partial charge in [0.1, 0.15) is 17.5 Å². The number of rotatable bonds is 6. The van der Waals surface area contributed by atoms with Crippen molar-refractivity contribution in [2.45, 2.75) is 61.9 Å². The highest BCUT2D eigenvalue weighted by Gasteiger charge is 2.47. The van der Waals surface area contributed by atoms with Crippen LogP contribution in [0.25, 0.3) is 0 Å². The normalized spacial score (nSPS) is 20.9. The van der Waals surface area contributed by atoms with Crippen LogP contribution in [0.3, 0.4) is 0 Å². The molecular weight excluding hydrogens is 542 g/mol. The fourth-order valence-electron chi connectivity index (χ4n) is 5.95. The van der Waals surface area contributed by atoms with Crippen molar-refractivity contribution in [1.82, 2.24) is 15.2 Å². The van der Waals surface area contributed by atoms with E-state index in [1.165, 1.54) is 34.2 Å². The molecule has 2 N–H and O–H groups in total. The SMILES string of the molecule is CC1CNC2(CCCC2)C(=O)N1CCSc1ccc2c(c1)CC(C(=O)Nc1ccccn1)C2.Fc1cccc(F)c1. The van der Waals surface area contributed by atoms with Crippen LogP contribution >= 0.6 is 11.8 Å². The third kappa shape index (κ3) is 7.13. The van der Waals surface area contributed by atoms with E-state index in [0.29, 0.717) is 11.7 Å². The first-order chi connectivity index (χ1) is 19.8. The van der Waals surface area contributed by atoms with Crippen molar-refractivity contribution in [2.24, 2.45) is 5.92 Å². The first-order valence-corrected chi connectivity index (χ1v) is 15.3. The van der Waals surface area contributed by atoms with Crippen molar-refractivity contribution in [2.75, 3.05) is 24.2 Å². The fourth-order valence-corrected chi connectivity index (χ4v) is 6.87. The highest BCUT2D eigenvalue weighted by Crippen LogP contribution is 2.35. The molecule has 2 atom stereocenters. The minimum Gasteiger partial charge on any atom is -0.336 e. The zero-order valence-electron chi connectivity index (χ0n) is 23.2. The van der Waals surface area contributed by atoms with Gasteiger partial charge in [0, 0.05) is 48.0 Å². The summed E-state index contributed by atoms with van der Waals surface area (Å²) >= 11 is 1.80. The van der Waals surface area contributed by atoms with Crippen LogP contribution in [-0.4, -0.2) is 52.1 Å². The summed E-state index contributed by atoms with van der Waals surface area (Å²) < 4.78 is 23.9. The summed E-state index contributed by atoms with van der Waals surface area (Å²) in [4.78, 5) is 33.4. The predicted octanol–water partition coefficient (Wildman–Crippen LogP) is 5.63. The lowest BCUT2D eigenvalue weighted by molar-refractivity contribution is -0.143. The third-order valence-corrected chi connectivity index (χ3v) is 9.15. The Balaban J connectivity index is 0.000000365. The number of nitrogens with one attached hydrogen (secondary N) is 2. The van der Waals surface area contributed by atoms with Crippen molar-refractivity contribution in [1.29, 1.82) is 0 Å². The molecule has 2 fully saturated rings. The van der Waals surface area contributed by atoms with Crippen LogP contribution in [0, 0.1) is 17.6 Å². The van der Waals surface area contributed by atoms with Crippen molar-refractivity contribution in [3.05, 3.63) is 89.6 Å². The lowest BCUT2D eigenvalue weighted by Gasteiger charge is -2.44. The highest BCUT2D eigenvalue weighted by atomic mass is 32.2. The molecule has 3 aromatic rings. The molecule has 2 amide bonds. The van der Waals surface area contributed by atoms with Crippen LogP contribution in [0.2, 0.25) is 0 Å². The van der Waals surface area contributed by atoms with Crippen LogP contribution < -0.4 is 10.6 Å². The number of piperazine rings is 1. The van der Waals surface area contributed by atoms with Crippen LogP contribution in [0.1, 0.15) is 43.7 Å². The number of thioether (sulfide) groups is 1. The van der Waals surface area contributed by atoms with Gasteiger partial charge >= 0.3 is 0 Å². The third-order valence-electron chi connectivity index (χ3n) is 8.18. The number of anilines is 1. The molecule has 1 saturated carbocycles. The summed E-state index contributed by atoms with van der Waals surface area (Å²) in [5.74, 6) is 0.695. The van der Waals surface area contributed by atoms with Gasteiger partial charge in [0.25, 0.3) is 0 Å². The molecule has 6 nitrogen and oxygen atoms in total. The summed E-state index contributed by atoms with van der Waals surface area (Å²) in [5, 5.41) is 6.49. The molecule has 1 saturated heterocycles. The molecule has 0 radical (unpaired) electrons. The van der Waals surface area contributed by atoms with Crippen molar-refractivity contribution in [3.63, 3.8) is 0 Å². The maximum atomic E-state index is 13.2. The quantitative estimate of drug-likeness (QED) is 0.371. The van der Waals surface area contributed by atoms with Gasteiger partial charge in [0.15, 0.2) is 0 Å². The maximum absolute atomic E-state index is 13.2. The fraction of sp³-hybridized carbons (Fsp3) is 0.406. The van der Waals surface area contributed by atoms with E-state index in [9.17, 15) is 18.4 Å². The van der Waals surface area contributed by atoms with Gasteiger partial charge in [-0.05, 0) is 80.1 Å². The number of carbonyl (C=O) groups excluding carboxylic acids is 2. The maximum Gasteiger partial charge on any atom is 0.243 e. The average Bonchev–Trinajstić information content (AvgIpc) is 3.62. The van der Waals surface area contributed by atoms with E-state index in [0.717, 1.165) is 63.4 Å². The van der Waals surface area contributed by atoms with Crippen LogP contribution in [0.5, 0.6) is 0 Å². The Kier molecular flexibility index (Phi) is 9.35. The molecule has 0 bridgehead atoms. The molecule has 41 heavy (non-hydrogen) atoms. The van der Waals surface area contributed by atoms with Crippen molar-refractivity contribution in [3.8, 4) is 0 Å². The molecule has 2 aliphatic carbocycles. The molecular formula is C32H36F2N4O2S. The topological polar surface area (TPSA) is 74.3 Å². The zero-order chi connectivity index (χ0) is 28.8. The number of benzene rings is 2. The van der Waals surface area contributed by atoms with Gasteiger partial charge in [0.2, 0.25) is 11.8 Å². The average molecular weight is 579 g/mol. The van der Waals surface area contributed by atoms with E-state index in [1.807, 2.05) is 18.2 Å². The summed E-state index contributed by atoms with van der Waals surface area (Å²) in [6.07, 6.45) is 7.46. The lowest BCUT2D eigenvalue weighted by Crippen LogP contribution is -2.66. The van der Waals surface area contributed by atoms with Gasteiger partial charge in [-0.3, -0.25) is 9.59 Å². The van der Waals surface area contributed by atoms with Gasteiger partial charge < -0.3 is 15.5 Å². The van der Waals surface area contributed by atoms with E-state index in [4.69, 9.17) is 0 Å². The first kappa shape index (κ1) is 29.2. The molecule has 3 aliphatic rings. The Morgan fingerprint density at radius 3 is 2.49 bits per heavy atom. The largest absolute Gasteiger partial charge is 0.336 e. The minimum atomic E-state index is -0.537. The Bertz CT molecular complexity index is 1350. The van der Waals surface area contributed by atoms with E-state index < -0.39 is 11.6 Å². The van der Waals surface area contributed by atoms with Gasteiger partial charge in [-0.25, -0.2) is 13.8 Å². The molecule has 2 heterocycles. The number of nitrogens with zero attached hydrogens (tertiary/aromatic N) is 2. The number of pyridine rings is 1. The van der Waals surface area contributed by atoms with Crippen LogP contribution in [-0.2, 0) is 22.4 Å². The predicted molar refractivity (Wildman–Crippen MR) is 158 cm³/mol. The van der Waals surface area contributed by atoms with Crippen molar-refractivity contribution < 1.29 is 18.4 Å². The number of carbonyl (C=O) groups is 2. The number of hydrogen-bond donors (Lipinski definition) is 2. The van der Waals surface area contributed by atoms with Crippen LogP contribution in [0.4, 0.5) is 14.6 Å². The zero-order valence-corrected chi connectivity index (χ0v) is 24.1. The van der Waals surface area contributed by atoms with E-state index in [2.05, 4.69) is 45.6 Å². The number of fused-ring (bicyclic) bond motifs is 1. The van der Waals surface area contributed by atoms with Gasteiger partial charge in [-0.2, -0.15) is 0 Å². The number of hydrogen-bond acceptors (Lipinski definition) is 5. The molecule has 1 aromatic heterocycles. The van der Waals surface area contributed by atoms with E-state index >= 15 is 0 Å². The van der Waals surface area contributed by atoms with Gasteiger partial charge in [-0.1, -0.05) is 31.0 Å². The highest BCUT2D eigenvalue weighted by molar-refractivity contribution is 7.99. The lowest BCUT2D eigenvalue weighted by atomic mass is 9.91. The molecule has 9 heteroatoms. The molecule has 216 valence electrons. The first-order valence-electron chi connectivity index (χ1n) is 14.3. The Morgan fingerprint density at radius 1 is 1.05 bits per heavy atom. The standard InChI is InChI=1S/C26H32N4O2S.C6H4F2/c1-18-17-28-26(9-3-4-10-26)25(32)30(18)12-13-33-22-8-7-19-14-21(15-20(19)16-22)24(31)29-23-6-2-5-11-27-23;7-5-2-1-3-6(8)4-5/h2,5-8,11,16,18,21,28H,3-4,9-10,12-15,17H2,1H3,(H,27,29,31);1-4H. The summed E-state index contributed by atoms with van der Waals surface area (Å²) in [6, 6.07) is 16.9. The number of aromatic nitrogens is 1. The Hall–Kier alpha value is -3.30. The second-order valence-electron chi connectivity index (χ2n) is 11.0. The Labute approximate surface area is 244 Å². The van der Waals surface area contributed by atoms with E-state index in [-0.39, 0.29) is 23.4 Å². The summed E-state index contributed by atoms with van der Waals surface area (Å²) in [6.45, 7) is 3.81. The molecule has 2 unspecified atom stereocenters. The minimum absolute atomic E-state index is 0.0335. The second kappa shape index (κ2) is 13.1. The van der Waals surface area contributed by atoms with Gasteiger partial charge in [-0.15, -0.1) is 11.8 Å². The number of amides is 2. The van der Waals surface area contributed by atoms with Crippen molar-refractivity contribution >= 4 is 29.4 Å². The van der Waals surface area contributed by atoms with E-state index in [1.54, 1.807) is 18.0 Å². The Morgan fingerprint density at radius 2 is 1.80 bits per heavy atom. The number of halogens is 2. The van der Waals surface area contributed by atoms with Crippen LogP contribution in [0.15, 0.2) is 71.8 Å². The molecule has 6 rings (SSSR count). The monoisotopic (exact) mass is 578 g/mol. The molecule has 1 spiro atoms.